The van der Waals surface area contributed by atoms with Gasteiger partial charge in [0, 0.05) is 0 Å². The minimum atomic E-state index is -1.66. The summed E-state index contributed by atoms with van der Waals surface area (Å²) < 4.78 is 11.2. The molecule has 1 saturated heterocycles. The predicted molar refractivity (Wildman–Crippen MR) is 316 cm³/mol. The zero-order chi connectivity index (χ0) is 55.4. The van der Waals surface area contributed by atoms with Gasteiger partial charge < -0.3 is 50.5 Å². The molecule has 1 rings (SSSR count). The van der Waals surface area contributed by atoms with Crippen LogP contribution in [0.15, 0.2) is 12.2 Å². The van der Waals surface area contributed by atoms with Crippen LogP contribution in [0.25, 0.3) is 0 Å². The third-order valence-corrected chi connectivity index (χ3v) is 16.3. The summed E-state index contributed by atoms with van der Waals surface area (Å²) in [7, 11) is 0. The fourth-order valence-corrected chi connectivity index (χ4v) is 11.0. The minimum Gasteiger partial charge on any atom is -0.394 e. The maximum Gasteiger partial charge on any atom is 0.249 e. The Kier molecular flexibility index (Phi) is 52.2. The summed E-state index contributed by atoms with van der Waals surface area (Å²) in [5.74, 6) is -0.695. The number of allylic oxidation sites excluding steroid dienone is 2. The van der Waals surface area contributed by atoms with Crippen molar-refractivity contribution >= 4 is 5.91 Å². The van der Waals surface area contributed by atoms with Crippen molar-refractivity contribution in [2.24, 2.45) is 0 Å². The highest BCUT2D eigenvalue weighted by atomic mass is 16.7. The number of aliphatic hydroxyl groups is 7. The smallest absolute Gasteiger partial charge is 0.249 e. The van der Waals surface area contributed by atoms with Crippen molar-refractivity contribution in [3.63, 3.8) is 0 Å². The molecule has 76 heavy (non-hydrogen) atoms. The Morgan fingerprint density at radius 2 is 0.763 bits per heavy atom. The Labute approximate surface area is 468 Å². The summed E-state index contributed by atoms with van der Waals surface area (Å²) in [6, 6.07) is -1.17. The van der Waals surface area contributed by atoms with Crippen molar-refractivity contribution in [2.45, 2.75) is 384 Å². The van der Waals surface area contributed by atoms with E-state index in [2.05, 4.69) is 31.3 Å². The number of amides is 1. The Hall–Kier alpha value is -1.15. The molecule has 452 valence electrons. The molecular formula is C65H127NO10. The number of unbranched alkanes of at least 4 members (excludes halogenated alkanes) is 44. The molecule has 1 heterocycles. The van der Waals surface area contributed by atoms with E-state index in [1.165, 1.54) is 238 Å². The first-order chi connectivity index (χ1) is 37.2. The Morgan fingerprint density at radius 3 is 1.11 bits per heavy atom. The van der Waals surface area contributed by atoms with Gasteiger partial charge in [0.05, 0.1) is 25.4 Å². The van der Waals surface area contributed by atoms with Crippen LogP contribution in [0, 0.1) is 0 Å². The number of carbonyl (C=O) groups is 1. The lowest BCUT2D eigenvalue weighted by Crippen LogP contribution is -2.60. The molecule has 0 aliphatic carbocycles. The predicted octanol–water partition coefficient (Wildman–Crippen LogP) is 15.1. The topological polar surface area (TPSA) is 189 Å². The van der Waals surface area contributed by atoms with Gasteiger partial charge in [-0.05, 0) is 38.5 Å². The molecule has 0 aromatic rings. The molecular weight excluding hydrogens is 955 g/mol. The minimum absolute atomic E-state index is 0.256. The second kappa shape index (κ2) is 54.4. The van der Waals surface area contributed by atoms with Crippen LogP contribution < -0.4 is 5.32 Å². The van der Waals surface area contributed by atoms with E-state index in [-0.39, 0.29) is 6.42 Å². The molecule has 1 aliphatic heterocycles. The number of aliphatic hydroxyl groups excluding tert-OH is 7. The van der Waals surface area contributed by atoms with Gasteiger partial charge in [-0.2, -0.15) is 0 Å². The highest BCUT2D eigenvalue weighted by Gasteiger charge is 2.44. The number of ether oxygens (including phenoxy) is 2. The molecule has 1 aliphatic rings. The maximum absolute atomic E-state index is 13.2. The quantitative estimate of drug-likeness (QED) is 0.0215. The molecule has 11 nitrogen and oxygen atoms in total. The zero-order valence-corrected chi connectivity index (χ0v) is 49.8. The molecule has 11 heteroatoms. The third-order valence-electron chi connectivity index (χ3n) is 16.3. The Balaban J connectivity index is 2.23. The summed E-state index contributed by atoms with van der Waals surface area (Å²) in [4.78, 5) is 13.2. The van der Waals surface area contributed by atoms with E-state index < -0.39 is 74.2 Å². The van der Waals surface area contributed by atoms with E-state index in [1.54, 1.807) is 0 Å². The number of hydrogen-bond donors (Lipinski definition) is 8. The van der Waals surface area contributed by atoms with Crippen LogP contribution in [0.3, 0.4) is 0 Å². The summed E-state index contributed by atoms with van der Waals surface area (Å²) in [5.41, 5.74) is 0. The molecule has 0 radical (unpaired) electrons. The number of carbonyl (C=O) groups excluding carboxylic acids is 1. The van der Waals surface area contributed by atoms with Gasteiger partial charge in [0.15, 0.2) is 6.29 Å². The van der Waals surface area contributed by atoms with Gasteiger partial charge in [0.25, 0.3) is 0 Å². The fraction of sp³-hybridized carbons (Fsp3) is 0.954. The van der Waals surface area contributed by atoms with Crippen molar-refractivity contribution in [3.8, 4) is 0 Å². The molecule has 0 spiro atoms. The van der Waals surface area contributed by atoms with Gasteiger partial charge in [-0.3, -0.25) is 4.79 Å². The summed E-state index contributed by atoms with van der Waals surface area (Å²) in [6.07, 6.45) is 54.2. The van der Waals surface area contributed by atoms with Crippen LogP contribution in [-0.2, 0) is 14.3 Å². The molecule has 0 saturated carbocycles. The molecule has 9 unspecified atom stereocenters. The van der Waals surface area contributed by atoms with Crippen molar-refractivity contribution < 1.29 is 50.0 Å². The molecule has 0 bridgehead atoms. The van der Waals surface area contributed by atoms with Crippen molar-refractivity contribution in [3.05, 3.63) is 12.2 Å². The average molecular weight is 1080 g/mol. The zero-order valence-electron chi connectivity index (χ0n) is 49.8. The summed E-state index contributed by atoms with van der Waals surface area (Å²) >= 11 is 0. The monoisotopic (exact) mass is 1080 g/mol. The van der Waals surface area contributed by atoms with E-state index in [9.17, 15) is 40.5 Å². The van der Waals surface area contributed by atoms with E-state index in [1.807, 2.05) is 0 Å². The Morgan fingerprint density at radius 1 is 0.447 bits per heavy atom. The van der Waals surface area contributed by atoms with E-state index in [0.717, 1.165) is 51.4 Å². The average Bonchev–Trinajstić information content (AvgIpc) is 3.42. The van der Waals surface area contributed by atoms with Crippen molar-refractivity contribution in [1.29, 1.82) is 0 Å². The van der Waals surface area contributed by atoms with Gasteiger partial charge in [-0.15, -0.1) is 0 Å². The number of rotatable bonds is 58. The SMILES string of the molecule is CCCCCCCCCCCCCC/C=C\CCCCCCCCC(O)C(=O)NC(COC1OC(CO)C(O)C(O)C1O)C(O)C(O)CCCCCCCCCCCCCCCCCCCCCCCCCCCCC. The fourth-order valence-electron chi connectivity index (χ4n) is 11.0. The van der Waals surface area contributed by atoms with E-state index in [4.69, 9.17) is 9.47 Å². The summed E-state index contributed by atoms with van der Waals surface area (Å²) in [5, 5.41) is 76.4. The molecule has 0 aromatic heterocycles. The van der Waals surface area contributed by atoms with Gasteiger partial charge in [0.1, 0.15) is 36.6 Å². The molecule has 8 N–H and O–H groups in total. The van der Waals surface area contributed by atoms with Gasteiger partial charge in [-0.25, -0.2) is 0 Å². The largest absolute Gasteiger partial charge is 0.394 e. The number of hydrogen-bond acceptors (Lipinski definition) is 10. The first-order valence-corrected chi connectivity index (χ1v) is 33.1. The first-order valence-electron chi connectivity index (χ1n) is 33.1. The molecule has 0 aromatic carbocycles. The second-order valence-electron chi connectivity index (χ2n) is 23.5. The van der Waals surface area contributed by atoms with Crippen LogP contribution in [0.1, 0.15) is 328 Å². The lowest BCUT2D eigenvalue weighted by Gasteiger charge is -2.40. The van der Waals surface area contributed by atoms with Gasteiger partial charge >= 0.3 is 0 Å². The van der Waals surface area contributed by atoms with Crippen molar-refractivity contribution in [2.75, 3.05) is 13.2 Å². The lowest BCUT2D eigenvalue weighted by atomic mass is 9.98. The van der Waals surface area contributed by atoms with Crippen LogP contribution >= 0.6 is 0 Å². The number of nitrogens with one attached hydrogen (secondary N) is 1. The highest BCUT2D eigenvalue weighted by molar-refractivity contribution is 5.80. The molecule has 1 fully saturated rings. The molecule has 1 amide bonds. The normalized spacial score (nSPS) is 19.6. The Bertz CT molecular complexity index is 1240. The van der Waals surface area contributed by atoms with Gasteiger partial charge in [0.2, 0.25) is 5.91 Å². The van der Waals surface area contributed by atoms with E-state index in [0.29, 0.717) is 19.3 Å². The maximum atomic E-state index is 13.2. The van der Waals surface area contributed by atoms with Crippen molar-refractivity contribution in [1.82, 2.24) is 5.32 Å². The summed E-state index contributed by atoms with van der Waals surface area (Å²) in [6.45, 7) is 3.51. The van der Waals surface area contributed by atoms with Gasteiger partial charge in [-0.1, -0.05) is 302 Å². The first kappa shape index (κ1) is 72.9. The highest BCUT2D eigenvalue weighted by Crippen LogP contribution is 2.24. The third kappa shape index (κ3) is 41.8. The van der Waals surface area contributed by atoms with Crippen LogP contribution in [0.4, 0.5) is 0 Å². The van der Waals surface area contributed by atoms with Crippen LogP contribution in [-0.4, -0.2) is 110 Å². The second-order valence-corrected chi connectivity index (χ2v) is 23.5. The van der Waals surface area contributed by atoms with Crippen LogP contribution in [0.5, 0.6) is 0 Å². The van der Waals surface area contributed by atoms with Crippen LogP contribution in [0.2, 0.25) is 0 Å². The standard InChI is InChI=1S/C65H127NO10/c1-3-5-7-9-11-13-15-17-19-21-23-25-27-28-29-30-31-33-34-36-38-40-42-44-46-48-50-52-57(68)60(70)56(55-75-65-63(73)62(72)61(71)59(54-67)76-65)66-64(74)58(69)53-51-49-47-45-43-41-39-37-35-32-26-24-22-20-18-16-14-12-10-8-6-4-2/h35,37,56-63,65,67-73H,3-34,36,38-55H2,1-2H3,(H,66,74)/b37-35-. The van der Waals surface area contributed by atoms with E-state index >= 15 is 0 Å². The molecule has 9 atom stereocenters. The lowest BCUT2D eigenvalue weighted by molar-refractivity contribution is -0.303.